The molecule has 0 amide bonds. The van der Waals surface area contributed by atoms with E-state index in [9.17, 15) is 0 Å². The molecule has 1 saturated heterocycles. The van der Waals surface area contributed by atoms with E-state index >= 15 is 0 Å². The molecule has 0 spiro atoms. The van der Waals surface area contributed by atoms with Gasteiger partial charge in [0.05, 0.1) is 11.7 Å². The highest BCUT2D eigenvalue weighted by atomic mass is 79.9. The summed E-state index contributed by atoms with van der Waals surface area (Å²) in [4.78, 5) is 12.2. The van der Waals surface area contributed by atoms with Crippen LogP contribution in [0.5, 0.6) is 0 Å². The van der Waals surface area contributed by atoms with Crippen molar-refractivity contribution >= 4 is 32.9 Å². The highest BCUT2D eigenvalue weighted by Crippen LogP contribution is 2.47. The van der Waals surface area contributed by atoms with Gasteiger partial charge in [-0.15, -0.1) is 0 Å². The Labute approximate surface area is 171 Å². The lowest BCUT2D eigenvalue weighted by molar-refractivity contribution is 0.312. The first-order valence-corrected chi connectivity index (χ1v) is 10.7. The highest BCUT2D eigenvalue weighted by molar-refractivity contribution is 9.10. The molecule has 3 aromatic rings. The van der Waals surface area contributed by atoms with Crippen LogP contribution < -0.4 is 0 Å². The van der Waals surface area contributed by atoms with E-state index in [1.165, 1.54) is 5.69 Å². The summed E-state index contributed by atoms with van der Waals surface area (Å²) in [6.07, 6.45) is 4.00. The Kier molecular flexibility index (Phi) is 4.32. The standard InChI is InChI=1S/C21H19BrN4S/c1-14-13-26-20(19(24-21(26)27-14)17-8-2-3-10-23-17)18-9-5-11-25(18)16-7-4-6-15(22)12-16/h2-12,14,19-20H,13H2,1H3/t14-,19-,20-/m0/s1. The van der Waals surface area contributed by atoms with Crippen molar-refractivity contribution in [3.8, 4) is 5.69 Å². The fourth-order valence-corrected chi connectivity index (χ4v) is 5.41. The molecule has 0 bridgehead atoms. The molecule has 2 aliphatic heterocycles. The number of aromatic nitrogens is 2. The van der Waals surface area contributed by atoms with Gasteiger partial charge in [-0.25, -0.2) is 0 Å². The van der Waals surface area contributed by atoms with Gasteiger partial charge in [-0.1, -0.05) is 46.7 Å². The lowest BCUT2D eigenvalue weighted by Gasteiger charge is -2.28. The molecule has 2 aromatic heterocycles. The van der Waals surface area contributed by atoms with E-state index in [4.69, 9.17) is 4.99 Å². The van der Waals surface area contributed by atoms with Crippen LogP contribution in [0.1, 0.15) is 30.4 Å². The average molecular weight is 439 g/mol. The van der Waals surface area contributed by atoms with Gasteiger partial charge in [0.15, 0.2) is 5.17 Å². The smallest absolute Gasteiger partial charge is 0.160 e. The Morgan fingerprint density at radius 2 is 2.04 bits per heavy atom. The van der Waals surface area contributed by atoms with Crippen molar-refractivity contribution < 1.29 is 0 Å². The summed E-state index contributed by atoms with van der Waals surface area (Å²) in [5.74, 6) is 0. The number of rotatable bonds is 3. The fraction of sp³-hybridized carbons (Fsp3) is 0.238. The van der Waals surface area contributed by atoms with Crippen LogP contribution in [0.4, 0.5) is 0 Å². The summed E-state index contributed by atoms with van der Waals surface area (Å²) >= 11 is 5.47. The summed E-state index contributed by atoms with van der Waals surface area (Å²) < 4.78 is 3.35. The predicted molar refractivity (Wildman–Crippen MR) is 114 cm³/mol. The van der Waals surface area contributed by atoms with Crippen molar-refractivity contribution in [2.75, 3.05) is 6.54 Å². The molecule has 5 rings (SSSR count). The lowest BCUT2D eigenvalue weighted by atomic mass is 10.0. The maximum absolute atomic E-state index is 5.08. The molecule has 136 valence electrons. The SMILES string of the molecule is C[C@H]1CN2C(=N[C@@H](c3ccccn3)[C@@H]2c2cccn2-c2cccc(Br)c2)S1. The van der Waals surface area contributed by atoms with E-state index in [1.807, 2.05) is 30.1 Å². The Morgan fingerprint density at radius 3 is 2.85 bits per heavy atom. The fourth-order valence-electron chi connectivity index (χ4n) is 3.93. The predicted octanol–water partition coefficient (Wildman–Crippen LogP) is 5.22. The van der Waals surface area contributed by atoms with Gasteiger partial charge < -0.3 is 9.47 Å². The van der Waals surface area contributed by atoms with E-state index in [-0.39, 0.29) is 12.1 Å². The quantitative estimate of drug-likeness (QED) is 0.561. The van der Waals surface area contributed by atoms with E-state index < -0.39 is 0 Å². The first-order chi connectivity index (χ1) is 13.2. The number of benzene rings is 1. The third-order valence-corrected chi connectivity index (χ3v) is 6.65. The van der Waals surface area contributed by atoms with Crippen LogP contribution >= 0.6 is 27.7 Å². The van der Waals surface area contributed by atoms with Crippen molar-refractivity contribution in [1.82, 2.24) is 14.5 Å². The molecule has 0 saturated carbocycles. The normalized spacial score (nSPS) is 24.1. The number of nitrogens with zero attached hydrogens (tertiary/aromatic N) is 4. The van der Waals surface area contributed by atoms with Crippen LogP contribution in [0.2, 0.25) is 0 Å². The van der Waals surface area contributed by atoms with Crippen LogP contribution in [0, 0.1) is 0 Å². The molecule has 6 heteroatoms. The zero-order valence-corrected chi connectivity index (χ0v) is 17.3. The molecule has 4 nitrogen and oxygen atoms in total. The lowest BCUT2D eigenvalue weighted by Crippen LogP contribution is -2.30. The topological polar surface area (TPSA) is 33.4 Å². The first kappa shape index (κ1) is 17.1. The maximum Gasteiger partial charge on any atom is 0.160 e. The number of fused-ring (bicyclic) bond motifs is 1. The van der Waals surface area contributed by atoms with Gasteiger partial charge in [-0.2, -0.15) is 0 Å². The van der Waals surface area contributed by atoms with Crippen LogP contribution in [0.25, 0.3) is 5.69 Å². The summed E-state index contributed by atoms with van der Waals surface area (Å²) in [6, 6.07) is 19.0. The minimum absolute atomic E-state index is 0.0157. The Bertz CT molecular complexity index is 1000. The van der Waals surface area contributed by atoms with Crippen LogP contribution in [0.3, 0.4) is 0 Å². The number of thioether (sulfide) groups is 1. The third-order valence-electron chi connectivity index (χ3n) is 5.05. The second-order valence-corrected chi connectivity index (χ2v) is 9.24. The van der Waals surface area contributed by atoms with E-state index in [2.05, 4.69) is 86.0 Å². The minimum atomic E-state index is 0.0157. The zero-order valence-electron chi connectivity index (χ0n) is 14.9. The van der Waals surface area contributed by atoms with Gasteiger partial charge in [-0.05, 0) is 42.5 Å². The van der Waals surface area contributed by atoms with Crippen LogP contribution in [-0.2, 0) is 0 Å². The van der Waals surface area contributed by atoms with Gasteiger partial charge >= 0.3 is 0 Å². The number of amidine groups is 1. The number of halogens is 1. The highest BCUT2D eigenvalue weighted by Gasteiger charge is 2.44. The molecule has 2 aliphatic rings. The molecule has 4 heterocycles. The second-order valence-electron chi connectivity index (χ2n) is 6.92. The monoisotopic (exact) mass is 438 g/mol. The van der Waals surface area contributed by atoms with Crippen molar-refractivity contribution in [1.29, 1.82) is 0 Å². The molecule has 0 N–H and O–H groups in total. The molecule has 1 fully saturated rings. The van der Waals surface area contributed by atoms with Gasteiger partial charge in [-0.3, -0.25) is 9.98 Å². The number of pyridine rings is 1. The van der Waals surface area contributed by atoms with E-state index in [1.54, 1.807) is 0 Å². The first-order valence-electron chi connectivity index (χ1n) is 9.06. The largest absolute Gasteiger partial charge is 0.339 e. The Hall–Kier alpha value is -2.05. The summed E-state index contributed by atoms with van der Waals surface area (Å²) in [6.45, 7) is 3.28. The molecule has 1 aromatic carbocycles. The third kappa shape index (κ3) is 3.01. The Morgan fingerprint density at radius 1 is 1.11 bits per heavy atom. The molecule has 0 aliphatic carbocycles. The molecular weight excluding hydrogens is 420 g/mol. The van der Waals surface area contributed by atoms with Gasteiger partial charge in [0, 0.05) is 40.0 Å². The number of hydrogen-bond donors (Lipinski definition) is 0. The van der Waals surface area contributed by atoms with Crippen molar-refractivity contribution in [3.05, 3.63) is 82.9 Å². The Balaban J connectivity index is 1.62. The molecule has 3 atom stereocenters. The van der Waals surface area contributed by atoms with Gasteiger partial charge in [0.25, 0.3) is 0 Å². The van der Waals surface area contributed by atoms with Gasteiger partial charge in [0.1, 0.15) is 6.04 Å². The van der Waals surface area contributed by atoms with Crippen molar-refractivity contribution in [2.45, 2.75) is 24.3 Å². The van der Waals surface area contributed by atoms with Crippen LogP contribution in [-0.4, -0.2) is 31.4 Å². The van der Waals surface area contributed by atoms with Crippen molar-refractivity contribution in [3.63, 3.8) is 0 Å². The van der Waals surface area contributed by atoms with E-state index in [0.717, 1.165) is 27.6 Å². The summed E-state index contributed by atoms with van der Waals surface area (Å²) in [7, 11) is 0. The van der Waals surface area contributed by atoms with E-state index in [0.29, 0.717) is 5.25 Å². The van der Waals surface area contributed by atoms with Crippen LogP contribution in [0.15, 0.2) is 76.5 Å². The average Bonchev–Trinajstić information content (AvgIpc) is 3.36. The van der Waals surface area contributed by atoms with Gasteiger partial charge in [0.2, 0.25) is 0 Å². The van der Waals surface area contributed by atoms with Crippen molar-refractivity contribution in [2.24, 2.45) is 4.99 Å². The summed E-state index contributed by atoms with van der Waals surface area (Å²) in [5.41, 5.74) is 3.43. The second kappa shape index (κ2) is 6.84. The summed E-state index contributed by atoms with van der Waals surface area (Å²) in [5, 5.41) is 1.70. The molecule has 27 heavy (non-hydrogen) atoms. The molecule has 0 radical (unpaired) electrons. The molecule has 0 unspecified atom stereocenters. The molecular formula is C21H19BrN4S. The number of aliphatic imine (C=N–C) groups is 1. The number of hydrogen-bond acceptors (Lipinski definition) is 4. The maximum atomic E-state index is 5.08. The minimum Gasteiger partial charge on any atom is -0.339 e. The zero-order chi connectivity index (χ0) is 18.4.